The zero-order valence-corrected chi connectivity index (χ0v) is 19.9. The molecule has 178 valence electrons. The predicted molar refractivity (Wildman–Crippen MR) is 132 cm³/mol. The van der Waals surface area contributed by atoms with Crippen molar-refractivity contribution in [3.63, 3.8) is 0 Å². The van der Waals surface area contributed by atoms with Gasteiger partial charge in [0.15, 0.2) is 4.96 Å². The fourth-order valence-electron chi connectivity index (χ4n) is 4.07. The third-order valence-electron chi connectivity index (χ3n) is 5.90. The molecular weight excluding hydrogens is 466 g/mol. The number of aromatic nitrogens is 2. The molecule has 2 heterocycles. The minimum atomic E-state index is -0.537. The molecule has 2 aromatic heterocycles. The average molecular weight is 490 g/mol. The fraction of sp³-hybridized carbons (Fsp3) is 0.231. The molecule has 0 saturated carbocycles. The van der Waals surface area contributed by atoms with Gasteiger partial charge in [-0.05, 0) is 74.2 Å². The molecule has 0 aliphatic heterocycles. The maximum absolute atomic E-state index is 12.7. The third kappa shape index (κ3) is 4.81. The molecular formula is C26H23N3O5S. The number of anilines is 1. The molecule has 9 heteroatoms. The van der Waals surface area contributed by atoms with Crippen molar-refractivity contribution in [2.45, 2.75) is 32.3 Å². The van der Waals surface area contributed by atoms with Crippen molar-refractivity contribution < 1.29 is 19.1 Å². The molecule has 1 amide bonds. The third-order valence-corrected chi connectivity index (χ3v) is 7.04. The Balaban J connectivity index is 1.22. The molecule has 1 aliphatic rings. The Hall–Kier alpha value is -3.98. The molecule has 1 aliphatic carbocycles. The van der Waals surface area contributed by atoms with Crippen LogP contribution < -0.4 is 15.6 Å². The topological polar surface area (TPSA) is 99.0 Å². The Morgan fingerprint density at radius 3 is 2.49 bits per heavy atom. The van der Waals surface area contributed by atoms with Gasteiger partial charge in [-0.1, -0.05) is 0 Å². The zero-order chi connectivity index (χ0) is 24.4. The summed E-state index contributed by atoms with van der Waals surface area (Å²) in [5.74, 6) is -0.143. The van der Waals surface area contributed by atoms with Crippen molar-refractivity contribution in [1.29, 1.82) is 0 Å². The summed E-state index contributed by atoms with van der Waals surface area (Å²) in [6.07, 6.45) is 4.07. The van der Waals surface area contributed by atoms with Crippen molar-refractivity contribution in [1.82, 2.24) is 9.38 Å². The van der Waals surface area contributed by atoms with E-state index in [2.05, 4.69) is 10.3 Å². The van der Waals surface area contributed by atoms with Crippen molar-refractivity contribution in [3.8, 4) is 5.75 Å². The molecule has 0 saturated heterocycles. The lowest BCUT2D eigenvalue weighted by molar-refractivity contribution is 0.0467. The predicted octanol–water partition coefficient (Wildman–Crippen LogP) is 4.25. The molecule has 8 nitrogen and oxygen atoms in total. The molecule has 0 spiro atoms. The summed E-state index contributed by atoms with van der Waals surface area (Å²) >= 11 is 1.54. The second-order valence-corrected chi connectivity index (χ2v) is 9.28. The summed E-state index contributed by atoms with van der Waals surface area (Å²) in [7, 11) is 1.56. The minimum Gasteiger partial charge on any atom is -0.497 e. The molecule has 5 rings (SSSR count). The van der Waals surface area contributed by atoms with Crippen LogP contribution in [0.15, 0.2) is 59.4 Å². The van der Waals surface area contributed by atoms with E-state index in [1.165, 1.54) is 22.3 Å². The highest BCUT2D eigenvalue weighted by Crippen LogP contribution is 2.28. The lowest BCUT2D eigenvalue weighted by Crippen LogP contribution is -2.18. The van der Waals surface area contributed by atoms with Gasteiger partial charge in [0.2, 0.25) is 0 Å². The largest absolute Gasteiger partial charge is 0.497 e. The minimum absolute atomic E-state index is 0.0941. The number of carbonyl (C=O) groups is 2. The summed E-state index contributed by atoms with van der Waals surface area (Å²) < 4.78 is 12.2. The number of methoxy groups -OCH3 is 1. The molecule has 35 heavy (non-hydrogen) atoms. The van der Waals surface area contributed by atoms with Crippen molar-refractivity contribution >= 4 is 33.9 Å². The number of nitrogens with zero attached hydrogens (tertiary/aromatic N) is 2. The maximum Gasteiger partial charge on any atom is 0.338 e. The lowest BCUT2D eigenvalue weighted by atomic mass is 10.0. The zero-order valence-electron chi connectivity index (χ0n) is 19.1. The van der Waals surface area contributed by atoms with Crippen molar-refractivity contribution in [3.05, 3.63) is 92.3 Å². The van der Waals surface area contributed by atoms with Gasteiger partial charge in [-0.15, -0.1) is 11.3 Å². The van der Waals surface area contributed by atoms with Crippen LogP contribution in [0.25, 0.3) is 4.96 Å². The number of rotatable bonds is 6. The highest BCUT2D eigenvalue weighted by atomic mass is 32.1. The molecule has 2 aromatic carbocycles. The summed E-state index contributed by atoms with van der Waals surface area (Å²) in [6, 6.07) is 14.6. The first kappa shape index (κ1) is 22.8. The summed E-state index contributed by atoms with van der Waals surface area (Å²) in [6.45, 7) is -0.0941. The van der Waals surface area contributed by atoms with Crippen LogP contribution in [0.1, 0.15) is 49.8 Å². The van der Waals surface area contributed by atoms with Crippen LogP contribution >= 0.6 is 11.3 Å². The van der Waals surface area contributed by atoms with Crippen LogP contribution in [0.4, 0.5) is 5.69 Å². The van der Waals surface area contributed by atoms with Crippen LogP contribution in [0.3, 0.4) is 0 Å². The quantitative estimate of drug-likeness (QED) is 0.407. The number of carbonyl (C=O) groups excluding carboxylic acids is 2. The number of fused-ring (bicyclic) bond motifs is 3. The fourth-order valence-corrected chi connectivity index (χ4v) is 5.31. The van der Waals surface area contributed by atoms with Gasteiger partial charge in [0.1, 0.15) is 12.4 Å². The lowest BCUT2D eigenvalue weighted by Gasteiger charge is -2.10. The molecule has 0 unspecified atom stereocenters. The first-order chi connectivity index (χ1) is 17.0. The number of thiazole rings is 1. The Kier molecular flexibility index (Phi) is 6.33. The number of benzene rings is 2. The summed E-state index contributed by atoms with van der Waals surface area (Å²) in [5.41, 5.74) is 2.71. The van der Waals surface area contributed by atoms with Crippen LogP contribution in [0.2, 0.25) is 0 Å². The number of nitrogens with one attached hydrogen (secondary N) is 1. The van der Waals surface area contributed by atoms with Crippen molar-refractivity contribution in [2.24, 2.45) is 0 Å². The van der Waals surface area contributed by atoms with Gasteiger partial charge in [0.25, 0.3) is 11.5 Å². The van der Waals surface area contributed by atoms with Crippen LogP contribution in [0.5, 0.6) is 5.75 Å². The van der Waals surface area contributed by atoms with E-state index in [9.17, 15) is 14.4 Å². The van der Waals surface area contributed by atoms with Gasteiger partial charge in [-0.3, -0.25) is 14.0 Å². The number of amides is 1. The van der Waals surface area contributed by atoms with Gasteiger partial charge >= 0.3 is 5.97 Å². The molecule has 1 N–H and O–H groups in total. The van der Waals surface area contributed by atoms with E-state index < -0.39 is 5.97 Å². The number of hydrogen-bond acceptors (Lipinski definition) is 7. The van der Waals surface area contributed by atoms with Crippen molar-refractivity contribution in [2.75, 3.05) is 12.4 Å². The first-order valence-corrected chi connectivity index (χ1v) is 12.1. The van der Waals surface area contributed by atoms with E-state index in [1.54, 1.807) is 60.0 Å². The second kappa shape index (κ2) is 9.71. The summed E-state index contributed by atoms with van der Waals surface area (Å²) in [5, 5.41) is 2.79. The average Bonchev–Trinajstić information content (AvgIpc) is 3.26. The highest BCUT2D eigenvalue weighted by Gasteiger charge is 2.19. The van der Waals surface area contributed by atoms with E-state index in [1.807, 2.05) is 0 Å². The smallest absolute Gasteiger partial charge is 0.338 e. The molecule has 0 atom stereocenters. The maximum atomic E-state index is 12.7. The standard InChI is InChI=1S/C26H23N3O5S/c1-33-20-12-8-16(9-13-20)24(31)27-18-10-6-17(7-11-18)25(32)34-15-19-14-23(30)29-21-4-2-3-5-22(21)35-26(29)28-19/h6-14H,2-5,15H2,1H3,(H,27,31). The second-order valence-electron chi connectivity index (χ2n) is 8.22. The van der Waals surface area contributed by atoms with Crippen LogP contribution in [-0.2, 0) is 24.2 Å². The van der Waals surface area contributed by atoms with Gasteiger partial charge in [0, 0.05) is 27.9 Å². The number of ether oxygens (including phenoxy) is 2. The normalized spacial score (nSPS) is 12.7. The summed E-state index contributed by atoms with van der Waals surface area (Å²) in [4.78, 5) is 44.0. The molecule has 0 fully saturated rings. The van der Waals surface area contributed by atoms with Gasteiger partial charge in [-0.2, -0.15) is 0 Å². The Labute approximate surface area is 205 Å². The molecule has 4 aromatic rings. The molecule has 0 bridgehead atoms. The van der Waals surface area contributed by atoms with E-state index in [4.69, 9.17) is 9.47 Å². The van der Waals surface area contributed by atoms with E-state index >= 15 is 0 Å². The SMILES string of the molecule is COc1ccc(C(=O)Nc2ccc(C(=O)OCc3cc(=O)n4c5c(sc4n3)CCCC5)cc2)cc1. The van der Waals surface area contributed by atoms with Gasteiger partial charge in [0.05, 0.1) is 18.4 Å². The monoisotopic (exact) mass is 489 g/mol. The number of esters is 1. The first-order valence-electron chi connectivity index (χ1n) is 11.3. The Morgan fingerprint density at radius 1 is 1.03 bits per heavy atom. The highest BCUT2D eigenvalue weighted by molar-refractivity contribution is 7.17. The van der Waals surface area contributed by atoms with E-state index in [0.29, 0.717) is 33.2 Å². The van der Waals surface area contributed by atoms with Gasteiger partial charge < -0.3 is 14.8 Å². The Bertz CT molecular complexity index is 1460. The molecule has 0 radical (unpaired) electrons. The van der Waals surface area contributed by atoms with Crippen LogP contribution in [0, 0.1) is 0 Å². The van der Waals surface area contributed by atoms with E-state index in [0.717, 1.165) is 31.4 Å². The Morgan fingerprint density at radius 2 is 1.74 bits per heavy atom. The van der Waals surface area contributed by atoms with E-state index in [-0.39, 0.29) is 18.1 Å². The number of aryl methyl sites for hydroxylation is 2. The van der Waals surface area contributed by atoms with Gasteiger partial charge in [-0.25, -0.2) is 9.78 Å². The van der Waals surface area contributed by atoms with Crippen LogP contribution in [-0.4, -0.2) is 28.4 Å². The number of hydrogen-bond donors (Lipinski definition) is 1.